The lowest BCUT2D eigenvalue weighted by atomic mass is 10.1. The number of fused-ring (bicyclic) bond motifs is 1. The highest BCUT2D eigenvalue weighted by Gasteiger charge is 2.17. The number of nitrogens with zero attached hydrogens (tertiary/aromatic N) is 3. The highest BCUT2D eigenvalue weighted by Crippen LogP contribution is 2.28. The molecule has 26 heavy (non-hydrogen) atoms. The molecule has 0 saturated heterocycles. The molecule has 1 aromatic carbocycles. The van der Waals surface area contributed by atoms with Gasteiger partial charge in [0.1, 0.15) is 5.82 Å². The summed E-state index contributed by atoms with van der Waals surface area (Å²) in [6.45, 7) is 2.92. The fourth-order valence-corrected chi connectivity index (χ4v) is 4.15. The molecule has 0 unspecified atom stereocenters. The van der Waals surface area contributed by atoms with Gasteiger partial charge in [0.25, 0.3) is 5.91 Å². The molecule has 0 bridgehead atoms. The van der Waals surface area contributed by atoms with Gasteiger partial charge in [0.15, 0.2) is 5.82 Å². The third-order valence-corrected chi connectivity index (χ3v) is 5.88. The first-order chi connectivity index (χ1) is 12.6. The van der Waals surface area contributed by atoms with Gasteiger partial charge in [-0.25, -0.2) is 0 Å². The predicted octanol–water partition coefficient (Wildman–Crippen LogP) is 4.95. The topological polar surface area (TPSA) is 59.8 Å². The van der Waals surface area contributed by atoms with E-state index in [-0.39, 0.29) is 5.91 Å². The Morgan fingerprint density at radius 3 is 2.88 bits per heavy atom. The summed E-state index contributed by atoms with van der Waals surface area (Å²) in [5.74, 6) is 1.77. The van der Waals surface area contributed by atoms with Gasteiger partial charge in [-0.2, -0.15) is 0 Å². The van der Waals surface area contributed by atoms with E-state index in [1.807, 2.05) is 25.1 Å². The summed E-state index contributed by atoms with van der Waals surface area (Å²) in [4.78, 5) is 13.1. The van der Waals surface area contributed by atoms with Crippen LogP contribution < -0.4 is 5.32 Å². The molecule has 0 atom stereocenters. The van der Waals surface area contributed by atoms with Gasteiger partial charge in [0.05, 0.1) is 9.21 Å². The van der Waals surface area contributed by atoms with Crippen LogP contribution in [0, 0.1) is 6.92 Å². The van der Waals surface area contributed by atoms with E-state index in [2.05, 4.69) is 20.1 Å². The normalized spacial score (nSPS) is 13.9. The zero-order valence-corrected chi connectivity index (χ0v) is 16.0. The summed E-state index contributed by atoms with van der Waals surface area (Å²) in [7, 11) is 0. The molecule has 7 heteroatoms. The second kappa shape index (κ2) is 7.21. The van der Waals surface area contributed by atoms with E-state index in [9.17, 15) is 4.79 Å². The van der Waals surface area contributed by atoms with Crippen LogP contribution in [-0.2, 0) is 13.0 Å². The van der Waals surface area contributed by atoms with Crippen molar-refractivity contribution in [3.63, 3.8) is 0 Å². The number of anilines is 1. The van der Waals surface area contributed by atoms with Crippen molar-refractivity contribution in [2.45, 2.75) is 39.2 Å². The maximum atomic E-state index is 12.5. The fourth-order valence-electron chi connectivity index (χ4n) is 3.21. The minimum absolute atomic E-state index is 0.151. The van der Waals surface area contributed by atoms with Crippen molar-refractivity contribution < 1.29 is 4.79 Å². The zero-order valence-electron chi connectivity index (χ0n) is 14.5. The zero-order chi connectivity index (χ0) is 18.1. The minimum Gasteiger partial charge on any atom is -0.321 e. The van der Waals surface area contributed by atoms with Crippen molar-refractivity contribution >= 4 is 34.5 Å². The number of aryl methyl sites for hydroxylation is 2. The Bertz CT molecular complexity index is 962. The van der Waals surface area contributed by atoms with Crippen molar-refractivity contribution in [1.29, 1.82) is 0 Å². The third kappa shape index (κ3) is 3.39. The third-order valence-electron chi connectivity index (χ3n) is 4.65. The molecule has 0 fully saturated rings. The van der Waals surface area contributed by atoms with Crippen molar-refractivity contribution in [1.82, 2.24) is 14.8 Å². The molecule has 134 valence electrons. The molecular formula is C19H19ClN4OS. The van der Waals surface area contributed by atoms with Gasteiger partial charge in [0, 0.05) is 24.2 Å². The van der Waals surface area contributed by atoms with Crippen LogP contribution in [0.3, 0.4) is 0 Å². The first kappa shape index (κ1) is 17.2. The van der Waals surface area contributed by atoms with Gasteiger partial charge >= 0.3 is 0 Å². The molecule has 5 nitrogen and oxygen atoms in total. The first-order valence-corrected chi connectivity index (χ1v) is 9.91. The lowest BCUT2D eigenvalue weighted by Crippen LogP contribution is -2.11. The SMILES string of the molecule is Cc1ccc(-c2nnc3n2CCCCC3)cc1NC(=O)c1ccc(Cl)s1. The molecule has 1 aliphatic rings. The highest BCUT2D eigenvalue weighted by molar-refractivity contribution is 7.18. The maximum absolute atomic E-state index is 12.5. The summed E-state index contributed by atoms with van der Waals surface area (Å²) >= 11 is 7.20. The van der Waals surface area contributed by atoms with Crippen molar-refractivity contribution in [2.24, 2.45) is 0 Å². The van der Waals surface area contributed by atoms with Crippen LogP contribution >= 0.6 is 22.9 Å². The Balaban J connectivity index is 1.64. The van der Waals surface area contributed by atoms with E-state index >= 15 is 0 Å². The van der Waals surface area contributed by atoms with Gasteiger partial charge < -0.3 is 9.88 Å². The molecule has 0 radical (unpaired) electrons. The van der Waals surface area contributed by atoms with Crippen LogP contribution in [0.15, 0.2) is 30.3 Å². The Morgan fingerprint density at radius 1 is 1.19 bits per heavy atom. The largest absolute Gasteiger partial charge is 0.321 e. The van der Waals surface area contributed by atoms with Gasteiger partial charge in [0.2, 0.25) is 0 Å². The van der Waals surface area contributed by atoms with E-state index < -0.39 is 0 Å². The van der Waals surface area contributed by atoms with E-state index in [1.54, 1.807) is 12.1 Å². The summed E-state index contributed by atoms with van der Waals surface area (Å²) in [6.07, 6.45) is 4.51. The second-order valence-corrected chi connectivity index (χ2v) is 8.20. The molecule has 3 aromatic rings. The summed E-state index contributed by atoms with van der Waals surface area (Å²) in [6, 6.07) is 9.49. The molecule has 1 aliphatic heterocycles. The average molecular weight is 387 g/mol. The smallest absolute Gasteiger partial charge is 0.265 e. The number of amides is 1. The number of thiophene rings is 1. The Morgan fingerprint density at radius 2 is 2.08 bits per heavy atom. The molecule has 3 heterocycles. The highest BCUT2D eigenvalue weighted by atomic mass is 35.5. The Labute approximate surface area is 161 Å². The molecule has 0 saturated carbocycles. The van der Waals surface area contributed by atoms with Crippen LogP contribution in [0.25, 0.3) is 11.4 Å². The number of hydrogen-bond acceptors (Lipinski definition) is 4. The number of aromatic nitrogens is 3. The van der Waals surface area contributed by atoms with Gasteiger partial charge in [-0.3, -0.25) is 4.79 Å². The van der Waals surface area contributed by atoms with Crippen LogP contribution in [0.4, 0.5) is 5.69 Å². The van der Waals surface area contributed by atoms with Gasteiger partial charge in [-0.15, -0.1) is 21.5 Å². The molecule has 0 aliphatic carbocycles. The number of benzene rings is 1. The van der Waals surface area contributed by atoms with Crippen LogP contribution in [0.2, 0.25) is 4.34 Å². The van der Waals surface area contributed by atoms with E-state index in [0.29, 0.717) is 9.21 Å². The second-order valence-electron chi connectivity index (χ2n) is 6.49. The number of carbonyl (C=O) groups excluding carboxylic acids is 1. The van der Waals surface area contributed by atoms with E-state index in [4.69, 9.17) is 11.6 Å². The Kier molecular flexibility index (Phi) is 4.78. The number of nitrogens with one attached hydrogen (secondary N) is 1. The number of hydrogen-bond donors (Lipinski definition) is 1. The molecule has 0 spiro atoms. The molecule has 2 aromatic heterocycles. The number of carbonyl (C=O) groups is 1. The van der Waals surface area contributed by atoms with Crippen molar-refractivity contribution in [3.8, 4) is 11.4 Å². The van der Waals surface area contributed by atoms with Crippen LogP contribution in [0.5, 0.6) is 0 Å². The van der Waals surface area contributed by atoms with Crippen LogP contribution in [-0.4, -0.2) is 20.7 Å². The lowest BCUT2D eigenvalue weighted by Gasteiger charge is -2.11. The maximum Gasteiger partial charge on any atom is 0.265 e. The van der Waals surface area contributed by atoms with Crippen LogP contribution in [0.1, 0.15) is 40.3 Å². The number of halogens is 1. The average Bonchev–Trinajstić information content (AvgIpc) is 3.17. The van der Waals surface area contributed by atoms with Gasteiger partial charge in [-0.1, -0.05) is 30.2 Å². The standard InChI is InChI=1S/C19H19ClN4OS/c1-12-6-7-13(18-23-22-17-5-3-2-4-10-24(17)18)11-14(12)21-19(25)15-8-9-16(20)26-15/h6-9,11H,2-5,10H2,1H3,(H,21,25). The number of rotatable bonds is 3. The molecule has 1 N–H and O–H groups in total. The molecule has 1 amide bonds. The van der Waals surface area contributed by atoms with Crippen molar-refractivity contribution in [2.75, 3.05) is 5.32 Å². The molecular weight excluding hydrogens is 368 g/mol. The van der Waals surface area contributed by atoms with E-state index in [0.717, 1.165) is 54.3 Å². The monoisotopic (exact) mass is 386 g/mol. The van der Waals surface area contributed by atoms with Gasteiger partial charge in [-0.05, 0) is 43.5 Å². The minimum atomic E-state index is -0.151. The molecule has 4 rings (SSSR count). The Hall–Kier alpha value is -2.18. The summed E-state index contributed by atoms with van der Waals surface area (Å²) in [5.41, 5.74) is 2.75. The predicted molar refractivity (Wildman–Crippen MR) is 105 cm³/mol. The van der Waals surface area contributed by atoms with E-state index in [1.165, 1.54) is 17.8 Å². The lowest BCUT2D eigenvalue weighted by molar-refractivity contribution is 0.103. The quantitative estimate of drug-likeness (QED) is 0.693. The van der Waals surface area contributed by atoms with Crippen molar-refractivity contribution in [3.05, 3.63) is 50.9 Å². The fraction of sp³-hybridized carbons (Fsp3) is 0.316. The summed E-state index contributed by atoms with van der Waals surface area (Å²) < 4.78 is 2.81. The first-order valence-electron chi connectivity index (χ1n) is 8.71. The summed E-state index contributed by atoms with van der Waals surface area (Å²) in [5, 5.41) is 11.8.